The van der Waals surface area contributed by atoms with E-state index in [9.17, 15) is 4.79 Å². The van der Waals surface area contributed by atoms with Crippen molar-refractivity contribution in [2.24, 2.45) is 17.3 Å². The topological polar surface area (TPSA) is 29.5 Å². The number of hydrogen-bond donors (Lipinski definition) is 0. The van der Waals surface area contributed by atoms with E-state index in [1.165, 1.54) is 32.4 Å². The van der Waals surface area contributed by atoms with Gasteiger partial charge in [0, 0.05) is 11.0 Å². The van der Waals surface area contributed by atoms with E-state index in [1.807, 2.05) is 24.3 Å². The highest BCUT2D eigenvalue weighted by Crippen LogP contribution is 2.54. The van der Waals surface area contributed by atoms with E-state index in [0.29, 0.717) is 11.7 Å². The first-order valence-electron chi connectivity index (χ1n) is 8.38. The molecule has 2 bridgehead atoms. The van der Waals surface area contributed by atoms with Gasteiger partial charge in [-0.25, -0.2) is 0 Å². The number of nitrogens with zero attached hydrogens (tertiary/aromatic N) is 1. The van der Waals surface area contributed by atoms with Gasteiger partial charge in [0.25, 0.3) is 0 Å². The lowest BCUT2D eigenvalue weighted by molar-refractivity contribution is -0.165. The molecule has 0 aromatic heterocycles. The fourth-order valence-electron chi connectivity index (χ4n) is 4.59. The fraction of sp³-hybridized carbons (Fsp3) is 0.611. The highest BCUT2D eigenvalue weighted by atomic mass is 79.9. The lowest BCUT2D eigenvalue weighted by Crippen LogP contribution is -2.58. The number of rotatable bonds is 3. The van der Waals surface area contributed by atoms with Crippen molar-refractivity contribution in [2.75, 3.05) is 19.6 Å². The Labute approximate surface area is 140 Å². The molecule has 0 N–H and O–H groups in total. The van der Waals surface area contributed by atoms with Crippen molar-refractivity contribution in [3.63, 3.8) is 0 Å². The summed E-state index contributed by atoms with van der Waals surface area (Å²) in [6.07, 6.45) is 5.71. The SMILES string of the molecule is O=C(Oc1ccc(Br)cc1)C1(C2CN3CCC2CC3)CCC1. The van der Waals surface area contributed by atoms with Gasteiger partial charge in [-0.05, 0) is 74.9 Å². The van der Waals surface area contributed by atoms with Crippen molar-refractivity contribution in [3.05, 3.63) is 28.7 Å². The molecule has 0 spiro atoms. The summed E-state index contributed by atoms with van der Waals surface area (Å²) in [5.74, 6) is 1.91. The zero-order chi connectivity index (χ0) is 15.2. The molecule has 22 heavy (non-hydrogen) atoms. The molecule has 1 unspecified atom stereocenters. The maximum Gasteiger partial charge on any atom is 0.317 e. The second-order valence-electron chi connectivity index (χ2n) is 7.10. The maximum absolute atomic E-state index is 12.9. The van der Waals surface area contributed by atoms with Crippen LogP contribution in [0.5, 0.6) is 5.75 Å². The average Bonchev–Trinajstić information content (AvgIpc) is 2.50. The van der Waals surface area contributed by atoms with E-state index in [2.05, 4.69) is 20.8 Å². The van der Waals surface area contributed by atoms with Crippen LogP contribution in [0.15, 0.2) is 28.7 Å². The summed E-state index contributed by atoms with van der Waals surface area (Å²) in [4.78, 5) is 15.5. The second-order valence-corrected chi connectivity index (χ2v) is 8.01. The van der Waals surface area contributed by atoms with E-state index in [-0.39, 0.29) is 11.4 Å². The lowest BCUT2D eigenvalue weighted by atomic mass is 9.55. The summed E-state index contributed by atoms with van der Waals surface area (Å²) < 4.78 is 6.76. The van der Waals surface area contributed by atoms with Crippen LogP contribution < -0.4 is 4.74 Å². The molecule has 3 heterocycles. The first kappa shape index (κ1) is 14.7. The predicted octanol–water partition coefficient (Wildman–Crippen LogP) is 3.87. The Morgan fingerprint density at radius 1 is 1.18 bits per heavy atom. The summed E-state index contributed by atoms with van der Waals surface area (Å²) >= 11 is 3.41. The Morgan fingerprint density at radius 3 is 2.36 bits per heavy atom. The van der Waals surface area contributed by atoms with Gasteiger partial charge in [-0.15, -0.1) is 0 Å². The smallest absolute Gasteiger partial charge is 0.317 e. The number of halogens is 1. The first-order valence-corrected chi connectivity index (χ1v) is 9.17. The van der Waals surface area contributed by atoms with Crippen LogP contribution in [0.1, 0.15) is 32.1 Å². The molecule has 4 heteroatoms. The van der Waals surface area contributed by atoms with Crippen LogP contribution in [0.4, 0.5) is 0 Å². The molecule has 0 radical (unpaired) electrons. The van der Waals surface area contributed by atoms with E-state index >= 15 is 0 Å². The maximum atomic E-state index is 12.9. The van der Waals surface area contributed by atoms with Gasteiger partial charge in [-0.1, -0.05) is 22.4 Å². The van der Waals surface area contributed by atoms with E-state index in [0.717, 1.165) is 29.8 Å². The molecule has 1 atom stereocenters. The van der Waals surface area contributed by atoms with Crippen molar-refractivity contribution < 1.29 is 9.53 Å². The van der Waals surface area contributed by atoms with Crippen LogP contribution in [0.3, 0.4) is 0 Å². The Kier molecular flexibility index (Phi) is 3.77. The van der Waals surface area contributed by atoms with Crippen molar-refractivity contribution in [1.82, 2.24) is 4.90 Å². The Balaban J connectivity index is 1.53. The first-order chi connectivity index (χ1) is 10.7. The minimum Gasteiger partial charge on any atom is -0.426 e. The van der Waals surface area contributed by atoms with Gasteiger partial charge in [0.15, 0.2) is 0 Å². The van der Waals surface area contributed by atoms with E-state index in [4.69, 9.17) is 4.74 Å². The Hall–Kier alpha value is -0.870. The zero-order valence-corrected chi connectivity index (χ0v) is 14.3. The van der Waals surface area contributed by atoms with Gasteiger partial charge in [0.1, 0.15) is 5.75 Å². The van der Waals surface area contributed by atoms with Crippen molar-refractivity contribution >= 4 is 21.9 Å². The van der Waals surface area contributed by atoms with Crippen molar-refractivity contribution in [1.29, 1.82) is 0 Å². The summed E-state index contributed by atoms with van der Waals surface area (Å²) in [5.41, 5.74) is -0.211. The van der Waals surface area contributed by atoms with Crippen LogP contribution in [0.25, 0.3) is 0 Å². The summed E-state index contributed by atoms with van der Waals surface area (Å²) in [7, 11) is 0. The molecule has 1 aliphatic carbocycles. The van der Waals surface area contributed by atoms with Gasteiger partial charge in [0.05, 0.1) is 5.41 Å². The normalized spacial score (nSPS) is 32.3. The third-order valence-corrected chi connectivity index (χ3v) is 6.57. The Bertz CT molecular complexity index is 559. The van der Waals surface area contributed by atoms with Gasteiger partial charge < -0.3 is 9.64 Å². The molecular weight excluding hydrogens is 342 g/mol. The minimum atomic E-state index is -0.211. The van der Waals surface area contributed by atoms with Crippen LogP contribution in [-0.2, 0) is 4.79 Å². The summed E-state index contributed by atoms with van der Waals surface area (Å²) in [6, 6.07) is 7.57. The third-order valence-electron chi connectivity index (χ3n) is 6.04. The minimum absolute atomic E-state index is 0.0137. The summed E-state index contributed by atoms with van der Waals surface area (Å²) in [5, 5.41) is 0. The molecule has 4 fully saturated rings. The van der Waals surface area contributed by atoms with Gasteiger partial charge in [-0.3, -0.25) is 4.79 Å². The Morgan fingerprint density at radius 2 is 1.86 bits per heavy atom. The second kappa shape index (κ2) is 5.64. The van der Waals surface area contributed by atoms with Gasteiger partial charge >= 0.3 is 5.97 Å². The number of piperidine rings is 3. The van der Waals surface area contributed by atoms with Crippen molar-refractivity contribution in [3.8, 4) is 5.75 Å². The molecule has 4 aliphatic rings. The van der Waals surface area contributed by atoms with E-state index in [1.54, 1.807) is 0 Å². The fourth-order valence-corrected chi connectivity index (χ4v) is 4.85. The molecule has 0 amide bonds. The van der Waals surface area contributed by atoms with Crippen LogP contribution in [0.2, 0.25) is 0 Å². The molecule has 1 aromatic rings. The lowest BCUT2D eigenvalue weighted by Gasteiger charge is -2.55. The zero-order valence-electron chi connectivity index (χ0n) is 12.8. The van der Waals surface area contributed by atoms with Gasteiger partial charge in [-0.2, -0.15) is 0 Å². The van der Waals surface area contributed by atoms with Crippen LogP contribution >= 0.6 is 15.9 Å². The number of fused-ring (bicyclic) bond motifs is 3. The number of carbonyl (C=O) groups is 1. The predicted molar refractivity (Wildman–Crippen MR) is 88.7 cm³/mol. The quantitative estimate of drug-likeness (QED) is 0.603. The molecule has 118 valence electrons. The molecule has 5 rings (SSSR count). The molecule has 1 saturated carbocycles. The van der Waals surface area contributed by atoms with E-state index < -0.39 is 0 Å². The average molecular weight is 364 g/mol. The van der Waals surface area contributed by atoms with Crippen LogP contribution in [0, 0.1) is 17.3 Å². The number of ether oxygens (including phenoxy) is 1. The van der Waals surface area contributed by atoms with Crippen molar-refractivity contribution in [2.45, 2.75) is 32.1 Å². The molecule has 3 saturated heterocycles. The largest absolute Gasteiger partial charge is 0.426 e. The highest BCUT2D eigenvalue weighted by molar-refractivity contribution is 9.10. The standard InChI is InChI=1S/C18H22BrNO2/c19-14-2-4-15(5-3-14)22-17(21)18(8-1-9-18)16-12-20-10-6-13(16)7-11-20/h2-5,13,16H,1,6-12H2. The van der Waals surface area contributed by atoms with Gasteiger partial charge in [0.2, 0.25) is 0 Å². The number of benzene rings is 1. The molecular formula is C18H22BrNO2. The number of carbonyl (C=O) groups excluding carboxylic acids is 1. The summed E-state index contributed by atoms with van der Waals surface area (Å²) in [6.45, 7) is 3.54. The third kappa shape index (κ3) is 2.41. The number of esters is 1. The monoisotopic (exact) mass is 363 g/mol. The van der Waals surface area contributed by atoms with Crippen LogP contribution in [-0.4, -0.2) is 30.5 Å². The molecule has 1 aromatic carbocycles. The number of hydrogen-bond acceptors (Lipinski definition) is 3. The highest BCUT2D eigenvalue weighted by Gasteiger charge is 2.56. The molecule has 3 aliphatic heterocycles. The molecule has 3 nitrogen and oxygen atoms in total.